The van der Waals surface area contributed by atoms with Crippen LogP contribution in [0.3, 0.4) is 0 Å². The maximum Gasteiger partial charge on any atom is 0.228 e. The number of nitrogens with zero attached hydrogens (tertiary/aromatic N) is 1. The van der Waals surface area contributed by atoms with Crippen molar-refractivity contribution in [2.45, 2.75) is 82.1 Å². The highest BCUT2D eigenvalue weighted by molar-refractivity contribution is 7.86. The number of carbonyl (C=O) groups excluding carboxylic acids is 1. The second kappa shape index (κ2) is 6.67. The molecule has 1 saturated heterocycles. The van der Waals surface area contributed by atoms with Gasteiger partial charge in [0.1, 0.15) is 0 Å². The molecule has 158 valence electrons. The van der Waals surface area contributed by atoms with Gasteiger partial charge in [-0.3, -0.25) is 9.00 Å². The van der Waals surface area contributed by atoms with Gasteiger partial charge in [0.2, 0.25) is 5.91 Å². The van der Waals surface area contributed by atoms with Gasteiger partial charge in [0.15, 0.2) is 0 Å². The maximum absolute atomic E-state index is 14.0. The third-order valence-corrected chi connectivity index (χ3v) is 10.6. The molecule has 0 radical (unpaired) electrons. The van der Waals surface area contributed by atoms with Crippen molar-refractivity contribution in [3.05, 3.63) is 34.9 Å². The van der Waals surface area contributed by atoms with Gasteiger partial charge in [0.25, 0.3) is 0 Å². The molecule has 1 aromatic carbocycles. The number of carbonyl (C=O) groups is 1. The zero-order valence-electron chi connectivity index (χ0n) is 18.4. The van der Waals surface area contributed by atoms with Gasteiger partial charge in [0, 0.05) is 34.4 Å². The number of hydrogen-bond acceptors (Lipinski definition) is 2. The molecule has 1 amide bonds. The van der Waals surface area contributed by atoms with Crippen LogP contribution in [0.4, 0.5) is 0 Å². The van der Waals surface area contributed by atoms with E-state index in [2.05, 4.69) is 36.9 Å². The van der Waals surface area contributed by atoms with E-state index in [1.807, 2.05) is 13.8 Å². The fourth-order valence-corrected chi connectivity index (χ4v) is 9.11. The summed E-state index contributed by atoms with van der Waals surface area (Å²) in [6.45, 7) is 9.83. The largest absolute Gasteiger partial charge is 0.340 e. The zero-order chi connectivity index (χ0) is 20.6. The highest BCUT2D eigenvalue weighted by Gasteiger charge is 2.61. The van der Waals surface area contributed by atoms with Crippen LogP contribution >= 0.6 is 0 Å². The first kappa shape index (κ1) is 19.8. The monoisotopic (exact) mass is 413 g/mol. The Labute approximate surface area is 178 Å². The first-order valence-electron chi connectivity index (χ1n) is 11.5. The summed E-state index contributed by atoms with van der Waals surface area (Å²) < 4.78 is 12.4. The first-order valence-corrected chi connectivity index (χ1v) is 12.8. The summed E-state index contributed by atoms with van der Waals surface area (Å²) in [5.74, 6) is 1.77. The van der Waals surface area contributed by atoms with E-state index in [1.54, 1.807) is 0 Å². The lowest BCUT2D eigenvalue weighted by molar-refractivity contribution is -0.160. The SMILES string of the molecule is Cc1ccc(C23CC4CC(CC(C(=O)N5CC(C)S(=O)C(C)C5)(C4)C2)C3)cc1C. The fourth-order valence-electron chi connectivity index (χ4n) is 7.66. The average molecular weight is 414 g/mol. The Kier molecular flexibility index (Phi) is 4.55. The summed E-state index contributed by atoms with van der Waals surface area (Å²) >= 11 is 0. The van der Waals surface area contributed by atoms with E-state index < -0.39 is 10.8 Å². The Bertz CT molecular complexity index is 850. The Morgan fingerprint density at radius 3 is 2.21 bits per heavy atom. The van der Waals surface area contributed by atoms with E-state index in [0.29, 0.717) is 30.8 Å². The van der Waals surface area contributed by atoms with Crippen LogP contribution < -0.4 is 0 Å². The van der Waals surface area contributed by atoms with Gasteiger partial charge in [-0.1, -0.05) is 18.2 Å². The second-order valence-electron chi connectivity index (χ2n) is 11.0. The van der Waals surface area contributed by atoms with Gasteiger partial charge in [-0.05, 0) is 100 Å². The minimum Gasteiger partial charge on any atom is -0.340 e. The van der Waals surface area contributed by atoms with Crippen LogP contribution in [-0.4, -0.2) is 38.6 Å². The van der Waals surface area contributed by atoms with Gasteiger partial charge in [-0.25, -0.2) is 0 Å². The highest BCUT2D eigenvalue weighted by atomic mass is 32.2. The molecule has 4 bridgehead atoms. The molecule has 4 atom stereocenters. The molecule has 1 aliphatic heterocycles. The number of benzene rings is 1. The van der Waals surface area contributed by atoms with Crippen LogP contribution in [0, 0.1) is 31.1 Å². The molecule has 4 saturated carbocycles. The minimum absolute atomic E-state index is 0.0883. The predicted octanol–water partition coefficient (Wildman–Crippen LogP) is 4.51. The first-order chi connectivity index (χ1) is 13.7. The van der Waals surface area contributed by atoms with Crippen molar-refractivity contribution in [1.82, 2.24) is 4.90 Å². The number of aryl methyl sites for hydroxylation is 2. The van der Waals surface area contributed by atoms with E-state index in [1.165, 1.54) is 36.0 Å². The van der Waals surface area contributed by atoms with Crippen molar-refractivity contribution < 1.29 is 9.00 Å². The molecule has 0 aromatic heterocycles. The molecule has 6 rings (SSSR count). The van der Waals surface area contributed by atoms with Gasteiger partial charge < -0.3 is 4.90 Å². The smallest absolute Gasteiger partial charge is 0.228 e. The molecule has 4 heteroatoms. The molecule has 0 N–H and O–H groups in total. The van der Waals surface area contributed by atoms with Crippen molar-refractivity contribution in [3.63, 3.8) is 0 Å². The third-order valence-electron chi connectivity index (χ3n) is 8.67. The van der Waals surface area contributed by atoms with Crippen LogP contribution in [0.5, 0.6) is 0 Å². The maximum atomic E-state index is 14.0. The molecular formula is C25H35NO2S. The molecule has 1 heterocycles. The zero-order valence-corrected chi connectivity index (χ0v) is 19.2. The Hall–Kier alpha value is -1.16. The van der Waals surface area contributed by atoms with Crippen molar-refractivity contribution in [1.29, 1.82) is 0 Å². The highest BCUT2D eigenvalue weighted by Crippen LogP contribution is 2.66. The molecule has 4 unspecified atom stereocenters. The van der Waals surface area contributed by atoms with Crippen LogP contribution in [-0.2, 0) is 21.0 Å². The molecule has 5 fully saturated rings. The number of rotatable bonds is 2. The van der Waals surface area contributed by atoms with Gasteiger partial charge in [0.05, 0.1) is 5.41 Å². The molecular weight excluding hydrogens is 378 g/mol. The van der Waals surface area contributed by atoms with Crippen LogP contribution in [0.1, 0.15) is 69.1 Å². The lowest BCUT2D eigenvalue weighted by Crippen LogP contribution is -2.62. The summed E-state index contributed by atoms with van der Waals surface area (Å²) in [5.41, 5.74) is 4.22. The molecule has 0 spiro atoms. The van der Waals surface area contributed by atoms with E-state index >= 15 is 0 Å². The van der Waals surface area contributed by atoms with Crippen molar-refractivity contribution in [3.8, 4) is 0 Å². The lowest BCUT2D eigenvalue weighted by Gasteiger charge is -2.62. The Balaban J connectivity index is 1.49. The van der Waals surface area contributed by atoms with Crippen LogP contribution in [0.15, 0.2) is 18.2 Å². The summed E-state index contributed by atoms with van der Waals surface area (Å²) in [5, 5.41) is 0.177. The predicted molar refractivity (Wildman–Crippen MR) is 118 cm³/mol. The lowest BCUT2D eigenvalue weighted by atomic mass is 9.42. The van der Waals surface area contributed by atoms with E-state index in [-0.39, 0.29) is 21.3 Å². The molecule has 3 nitrogen and oxygen atoms in total. The van der Waals surface area contributed by atoms with E-state index in [4.69, 9.17) is 0 Å². The Morgan fingerprint density at radius 2 is 1.62 bits per heavy atom. The quantitative estimate of drug-likeness (QED) is 0.715. The van der Waals surface area contributed by atoms with Crippen LogP contribution in [0.25, 0.3) is 0 Å². The Morgan fingerprint density at radius 1 is 1.00 bits per heavy atom. The van der Waals surface area contributed by atoms with Crippen molar-refractivity contribution >= 4 is 16.7 Å². The average Bonchev–Trinajstić information content (AvgIpc) is 2.66. The minimum atomic E-state index is -0.815. The summed E-state index contributed by atoms with van der Waals surface area (Å²) in [7, 11) is -0.815. The second-order valence-corrected chi connectivity index (χ2v) is 13.2. The summed E-state index contributed by atoms with van der Waals surface area (Å²) in [4.78, 5) is 16.1. The molecule has 1 aromatic rings. The molecule has 29 heavy (non-hydrogen) atoms. The molecule has 4 aliphatic carbocycles. The van der Waals surface area contributed by atoms with E-state index in [0.717, 1.165) is 19.3 Å². The topological polar surface area (TPSA) is 37.4 Å². The summed E-state index contributed by atoms with van der Waals surface area (Å²) in [6, 6.07) is 7.04. The number of amides is 1. The standard InChI is InChI=1S/C25H35NO2S/c1-16-5-6-22(7-17(16)2)24-9-20-8-21(10-24)12-25(11-20,15-24)23(27)26-13-18(3)29(28)19(4)14-26/h5-7,18-21H,8-15H2,1-4H3. The summed E-state index contributed by atoms with van der Waals surface area (Å²) in [6.07, 6.45) is 7.03. The molecule has 5 aliphatic rings. The number of hydrogen-bond donors (Lipinski definition) is 0. The normalized spacial score (nSPS) is 43.6. The van der Waals surface area contributed by atoms with Gasteiger partial charge in [-0.15, -0.1) is 0 Å². The third kappa shape index (κ3) is 3.04. The van der Waals surface area contributed by atoms with Crippen LogP contribution in [0.2, 0.25) is 0 Å². The van der Waals surface area contributed by atoms with Gasteiger partial charge >= 0.3 is 0 Å². The van der Waals surface area contributed by atoms with Crippen molar-refractivity contribution in [2.24, 2.45) is 17.3 Å². The van der Waals surface area contributed by atoms with Crippen molar-refractivity contribution in [2.75, 3.05) is 13.1 Å². The van der Waals surface area contributed by atoms with Gasteiger partial charge in [-0.2, -0.15) is 0 Å². The van der Waals surface area contributed by atoms with E-state index in [9.17, 15) is 9.00 Å². The fraction of sp³-hybridized carbons (Fsp3) is 0.720.